The Kier molecular flexibility index (Phi) is 3.18. The van der Waals surface area contributed by atoms with E-state index in [1.807, 2.05) is 0 Å². The molecule has 5 heteroatoms. The molecule has 80 valence electrons. The van der Waals surface area contributed by atoms with Gasteiger partial charge >= 0.3 is 0 Å². The van der Waals surface area contributed by atoms with Crippen LogP contribution in [0, 0.1) is 3.57 Å². The highest BCUT2D eigenvalue weighted by Crippen LogP contribution is 2.29. The lowest BCUT2D eigenvalue weighted by Crippen LogP contribution is -2.25. The number of hydrogen-bond donors (Lipinski definition) is 1. The maximum absolute atomic E-state index is 11.6. The number of carbonyl (C=O) groups is 1. The van der Waals surface area contributed by atoms with Crippen LogP contribution < -0.4 is 4.90 Å². The zero-order chi connectivity index (χ0) is 11.0. The van der Waals surface area contributed by atoms with Gasteiger partial charge in [-0.2, -0.15) is 0 Å². The van der Waals surface area contributed by atoms with E-state index >= 15 is 0 Å². The van der Waals surface area contributed by atoms with Crippen molar-refractivity contribution in [1.82, 2.24) is 0 Å². The van der Waals surface area contributed by atoms with Crippen LogP contribution in [-0.4, -0.2) is 23.7 Å². The smallest absolute Gasteiger partial charge is 0.229 e. The van der Waals surface area contributed by atoms with Gasteiger partial charge in [-0.1, -0.05) is 11.6 Å². The minimum atomic E-state index is -0.552. The topological polar surface area (TPSA) is 40.5 Å². The van der Waals surface area contributed by atoms with Gasteiger partial charge in [0.2, 0.25) is 5.91 Å². The lowest BCUT2D eigenvalue weighted by molar-refractivity contribution is -0.117. The molecule has 15 heavy (non-hydrogen) atoms. The molecule has 1 saturated heterocycles. The van der Waals surface area contributed by atoms with Gasteiger partial charge in [0.25, 0.3) is 0 Å². The summed E-state index contributed by atoms with van der Waals surface area (Å²) < 4.78 is 0.919. The Balaban J connectivity index is 2.34. The van der Waals surface area contributed by atoms with Crippen molar-refractivity contribution in [3.63, 3.8) is 0 Å². The van der Waals surface area contributed by atoms with Crippen LogP contribution in [0.15, 0.2) is 18.2 Å². The maximum atomic E-state index is 11.6. The Hall–Kier alpha value is -0.330. The van der Waals surface area contributed by atoms with Gasteiger partial charge in [0.15, 0.2) is 0 Å². The van der Waals surface area contributed by atoms with Crippen molar-refractivity contribution in [3.8, 4) is 0 Å². The third-order valence-corrected chi connectivity index (χ3v) is 3.40. The molecule has 1 N–H and O–H groups in total. The Morgan fingerprint density at radius 1 is 1.53 bits per heavy atom. The largest absolute Gasteiger partial charge is 0.391 e. The number of carbonyl (C=O) groups excluding carboxylic acids is 1. The average molecular weight is 338 g/mol. The Morgan fingerprint density at radius 2 is 2.27 bits per heavy atom. The van der Waals surface area contributed by atoms with Crippen LogP contribution >= 0.6 is 34.2 Å². The molecule has 1 aliphatic rings. The van der Waals surface area contributed by atoms with Crippen LogP contribution in [0.2, 0.25) is 5.02 Å². The van der Waals surface area contributed by atoms with Crippen molar-refractivity contribution in [2.24, 2.45) is 0 Å². The molecule has 1 aromatic carbocycles. The average Bonchev–Trinajstić information content (AvgIpc) is 2.45. The van der Waals surface area contributed by atoms with Crippen molar-refractivity contribution < 1.29 is 9.90 Å². The third kappa shape index (κ3) is 2.26. The van der Waals surface area contributed by atoms with Gasteiger partial charge in [-0.25, -0.2) is 0 Å². The highest BCUT2D eigenvalue weighted by Gasteiger charge is 2.29. The van der Waals surface area contributed by atoms with Crippen molar-refractivity contribution in [2.45, 2.75) is 12.5 Å². The molecule has 1 aliphatic heterocycles. The lowest BCUT2D eigenvalue weighted by atomic mass is 10.3. The van der Waals surface area contributed by atoms with Crippen LogP contribution in [0.3, 0.4) is 0 Å². The predicted octanol–water partition coefficient (Wildman–Crippen LogP) is 2.04. The molecule has 0 aliphatic carbocycles. The van der Waals surface area contributed by atoms with E-state index in [-0.39, 0.29) is 12.3 Å². The van der Waals surface area contributed by atoms with Crippen LogP contribution in [-0.2, 0) is 4.79 Å². The van der Waals surface area contributed by atoms with Gasteiger partial charge < -0.3 is 10.0 Å². The number of rotatable bonds is 1. The van der Waals surface area contributed by atoms with Gasteiger partial charge in [-0.15, -0.1) is 0 Å². The second-order valence-electron chi connectivity index (χ2n) is 3.46. The summed E-state index contributed by atoms with van der Waals surface area (Å²) in [5.74, 6) is -0.0391. The Morgan fingerprint density at radius 3 is 2.80 bits per heavy atom. The Bertz CT molecular complexity index is 410. The number of halogens is 2. The van der Waals surface area contributed by atoms with E-state index in [0.717, 1.165) is 9.26 Å². The van der Waals surface area contributed by atoms with Crippen LogP contribution in [0.1, 0.15) is 6.42 Å². The summed E-state index contributed by atoms with van der Waals surface area (Å²) >= 11 is 7.96. The fourth-order valence-corrected chi connectivity index (χ4v) is 2.78. The van der Waals surface area contributed by atoms with Crippen molar-refractivity contribution >= 4 is 45.8 Å². The number of nitrogens with zero attached hydrogens (tertiary/aromatic N) is 1. The summed E-state index contributed by atoms with van der Waals surface area (Å²) in [6.07, 6.45) is -0.345. The lowest BCUT2D eigenvalue weighted by Gasteiger charge is -2.17. The highest BCUT2D eigenvalue weighted by molar-refractivity contribution is 14.1. The van der Waals surface area contributed by atoms with Gasteiger partial charge in [-0.3, -0.25) is 4.79 Å². The molecule has 3 nitrogen and oxygen atoms in total. The zero-order valence-corrected chi connectivity index (χ0v) is 10.7. The molecule has 0 aromatic heterocycles. The van der Waals surface area contributed by atoms with Crippen molar-refractivity contribution in [2.75, 3.05) is 11.4 Å². The number of hydrogen-bond acceptors (Lipinski definition) is 2. The highest BCUT2D eigenvalue weighted by atomic mass is 127. The number of anilines is 1. The van der Waals surface area contributed by atoms with Gasteiger partial charge in [0, 0.05) is 8.59 Å². The first-order valence-corrected chi connectivity index (χ1v) is 5.97. The van der Waals surface area contributed by atoms with Gasteiger partial charge in [0.1, 0.15) is 0 Å². The van der Waals surface area contributed by atoms with Crippen molar-refractivity contribution in [3.05, 3.63) is 26.8 Å². The normalized spacial score (nSPS) is 21.1. The van der Waals surface area contributed by atoms with Crippen molar-refractivity contribution in [1.29, 1.82) is 0 Å². The number of amides is 1. The van der Waals surface area contributed by atoms with E-state index in [4.69, 9.17) is 11.6 Å². The zero-order valence-electron chi connectivity index (χ0n) is 7.78. The fraction of sp³-hybridized carbons (Fsp3) is 0.300. The maximum Gasteiger partial charge on any atom is 0.229 e. The number of benzene rings is 1. The third-order valence-electron chi connectivity index (χ3n) is 2.31. The number of aliphatic hydroxyl groups is 1. The summed E-state index contributed by atoms with van der Waals surface area (Å²) in [6.45, 7) is 0.371. The molecule has 1 heterocycles. The first-order chi connectivity index (χ1) is 7.08. The minimum absolute atomic E-state index is 0.0391. The van der Waals surface area contributed by atoms with E-state index < -0.39 is 6.10 Å². The SMILES string of the molecule is O=C1CC(O)CN1c1ccc(Cl)cc1I. The first-order valence-electron chi connectivity index (χ1n) is 4.51. The minimum Gasteiger partial charge on any atom is -0.391 e. The summed E-state index contributed by atoms with van der Waals surface area (Å²) in [7, 11) is 0. The monoisotopic (exact) mass is 337 g/mol. The van der Waals surface area contributed by atoms with Crippen LogP contribution in [0.4, 0.5) is 5.69 Å². The molecule has 1 aromatic rings. The van der Waals surface area contributed by atoms with Gasteiger partial charge in [0.05, 0.1) is 24.8 Å². The van der Waals surface area contributed by atoms with Gasteiger partial charge in [-0.05, 0) is 40.8 Å². The summed E-state index contributed by atoms with van der Waals surface area (Å²) in [6, 6.07) is 5.35. The summed E-state index contributed by atoms with van der Waals surface area (Å²) in [5.41, 5.74) is 0.821. The number of β-amino-alcohol motifs (C(OH)–C–C–N with tert-alkyl or cyclic N) is 1. The second-order valence-corrected chi connectivity index (χ2v) is 5.06. The predicted molar refractivity (Wildman–Crippen MR) is 67.1 cm³/mol. The molecule has 0 bridgehead atoms. The van der Waals surface area contributed by atoms with E-state index in [9.17, 15) is 9.90 Å². The molecule has 2 rings (SSSR count). The standard InChI is InChI=1S/C10H9ClINO2/c11-6-1-2-9(8(12)3-6)13-5-7(14)4-10(13)15/h1-3,7,14H,4-5H2. The molecule has 1 atom stereocenters. The summed E-state index contributed by atoms with van der Waals surface area (Å²) in [5, 5.41) is 10.0. The van der Waals surface area contributed by atoms with E-state index in [1.54, 1.807) is 23.1 Å². The quantitative estimate of drug-likeness (QED) is 0.797. The van der Waals surface area contributed by atoms with Crippen LogP contribution in [0.5, 0.6) is 0 Å². The Labute approximate surface area is 106 Å². The van der Waals surface area contributed by atoms with E-state index in [1.165, 1.54) is 0 Å². The molecule has 0 saturated carbocycles. The first kappa shape index (κ1) is 11.2. The fourth-order valence-electron chi connectivity index (χ4n) is 1.62. The van der Waals surface area contributed by atoms with E-state index in [2.05, 4.69) is 22.6 Å². The molecule has 1 amide bonds. The molecular formula is C10H9ClINO2. The molecule has 0 radical (unpaired) electrons. The molecular weight excluding hydrogens is 328 g/mol. The molecule has 1 fully saturated rings. The molecule has 1 unspecified atom stereocenters. The second kappa shape index (κ2) is 4.27. The number of aliphatic hydroxyl groups excluding tert-OH is 1. The van der Waals surface area contributed by atoms with E-state index in [0.29, 0.717) is 11.6 Å². The summed E-state index contributed by atoms with van der Waals surface area (Å²) in [4.78, 5) is 13.2. The molecule has 0 spiro atoms. The van der Waals surface area contributed by atoms with Crippen LogP contribution in [0.25, 0.3) is 0 Å².